The largest absolute Gasteiger partial charge is 0.316 e. The monoisotopic (exact) mass is 490 g/mol. The van der Waals surface area contributed by atoms with Gasteiger partial charge < -0.3 is 5.32 Å². The molecule has 0 atom stereocenters. The van der Waals surface area contributed by atoms with Crippen LogP contribution in [-0.4, -0.2) is 30.7 Å². The molecule has 4 rings (SSSR count). The minimum Gasteiger partial charge on any atom is -0.316 e. The van der Waals surface area contributed by atoms with Crippen LogP contribution < -0.4 is 15.2 Å². The maximum Gasteiger partial charge on any atom is 0.295 e. The van der Waals surface area contributed by atoms with Gasteiger partial charge in [0.1, 0.15) is 5.69 Å². The molecular formula is C26H26N4O4S. The number of hydrogen-bond acceptors (Lipinski definition) is 4. The van der Waals surface area contributed by atoms with Gasteiger partial charge in [0.05, 0.1) is 27.5 Å². The van der Waals surface area contributed by atoms with E-state index in [2.05, 4.69) is 5.32 Å². The second-order valence-corrected chi connectivity index (χ2v) is 10.2. The van der Waals surface area contributed by atoms with E-state index in [4.69, 9.17) is 0 Å². The second kappa shape index (κ2) is 9.27. The summed E-state index contributed by atoms with van der Waals surface area (Å²) in [7, 11) is -0.778. The Morgan fingerprint density at radius 3 is 2.14 bits per heavy atom. The number of hydrogen-bond donors (Lipinski definition) is 1. The van der Waals surface area contributed by atoms with Crippen molar-refractivity contribution in [1.29, 1.82) is 0 Å². The van der Waals surface area contributed by atoms with Gasteiger partial charge in [0.15, 0.2) is 0 Å². The number of benzene rings is 3. The zero-order valence-electron chi connectivity index (χ0n) is 19.9. The molecular weight excluding hydrogens is 464 g/mol. The molecule has 3 aromatic carbocycles. The van der Waals surface area contributed by atoms with Crippen molar-refractivity contribution in [3.63, 3.8) is 0 Å². The Hall–Kier alpha value is -4.11. The molecule has 0 spiro atoms. The third-order valence-corrected chi connectivity index (χ3v) is 7.75. The molecule has 0 bridgehead atoms. The maximum atomic E-state index is 13.3. The number of aryl methyl sites for hydroxylation is 1. The molecule has 8 nitrogen and oxygen atoms in total. The van der Waals surface area contributed by atoms with Crippen molar-refractivity contribution in [2.45, 2.75) is 18.7 Å². The Kier molecular flexibility index (Phi) is 6.36. The summed E-state index contributed by atoms with van der Waals surface area (Å²) in [5, 5.41) is 2.71. The van der Waals surface area contributed by atoms with E-state index in [1.807, 2.05) is 25.1 Å². The number of nitrogens with zero attached hydrogens (tertiary/aromatic N) is 3. The van der Waals surface area contributed by atoms with Gasteiger partial charge in [0, 0.05) is 14.1 Å². The van der Waals surface area contributed by atoms with Crippen LogP contribution in [0.25, 0.3) is 5.69 Å². The molecule has 1 amide bonds. The number of anilines is 2. The fourth-order valence-corrected chi connectivity index (χ4v) is 5.05. The number of carbonyl (C=O) groups is 1. The highest BCUT2D eigenvalue weighted by Crippen LogP contribution is 2.27. The molecule has 1 aromatic heterocycles. The maximum absolute atomic E-state index is 13.3. The summed E-state index contributed by atoms with van der Waals surface area (Å²) in [5.74, 6) is -0.586. The number of rotatable bonds is 6. The van der Waals surface area contributed by atoms with E-state index in [-0.39, 0.29) is 27.4 Å². The lowest BCUT2D eigenvalue weighted by Gasteiger charge is -2.22. The molecule has 1 N–H and O–H groups in total. The highest BCUT2D eigenvalue weighted by atomic mass is 32.2. The molecule has 4 aromatic rings. The van der Waals surface area contributed by atoms with Crippen LogP contribution in [0.4, 0.5) is 11.4 Å². The molecule has 0 aliphatic heterocycles. The van der Waals surface area contributed by atoms with Crippen molar-refractivity contribution in [3.8, 4) is 5.69 Å². The second-order valence-electron chi connectivity index (χ2n) is 8.19. The minimum absolute atomic E-state index is 0.116. The predicted octanol–water partition coefficient (Wildman–Crippen LogP) is 3.87. The third-order valence-electron chi connectivity index (χ3n) is 5.96. The zero-order chi connectivity index (χ0) is 25.3. The minimum atomic E-state index is -3.91. The average Bonchev–Trinajstić information content (AvgIpc) is 3.07. The molecule has 0 saturated carbocycles. The van der Waals surface area contributed by atoms with E-state index in [1.54, 1.807) is 61.1 Å². The number of nitrogens with one attached hydrogen (secondary N) is 1. The molecule has 0 unspecified atom stereocenters. The number of amides is 1. The Labute approximate surface area is 204 Å². The van der Waals surface area contributed by atoms with Crippen LogP contribution in [0, 0.1) is 13.8 Å². The standard InChI is InChI=1S/C26H26N4O4S/c1-18-14-16-21(17-15-18)35(33,34)29(4)23-13-9-8-12-22(23)25(31)27-24-19(2)28(3)30(26(24)32)20-10-6-5-7-11-20/h5-17H,1-4H3,(H,27,31). The average molecular weight is 491 g/mol. The summed E-state index contributed by atoms with van der Waals surface area (Å²) in [4.78, 5) is 26.6. The van der Waals surface area contributed by atoms with Gasteiger partial charge >= 0.3 is 0 Å². The number of carbonyl (C=O) groups excluding carboxylic acids is 1. The molecule has 35 heavy (non-hydrogen) atoms. The smallest absolute Gasteiger partial charge is 0.295 e. The highest BCUT2D eigenvalue weighted by Gasteiger charge is 2.26. The van der Waals surface area contributed by atoms with Crippen molar-refractivity contribution in [2.24, 2.45) is 7.05 Å². The van der Waals surface area contributed by atoms with Gasteiger partial charge in [0.25, 0.3) is 21.5 Å². The number of aromatic nitrogens is 2. The Balaban J connectivity index is 1.71. The molecule has 0 radical (unpaired) electrons. The van der Waals surface area contributed by atoms with E-state index in [0.29, 0.717) is 11.4 Å². The summed E-state index contributed by atoms with van der Waals surface area (Å²) in [6, 6.07) is 22.0. The molecule has 0 fully saturated rings. The van der Waals surface area contributed by atoms with Crippen LogP contribution in [0.2, 0.25) is 0 Å². The molecule has 0 saturated heterocycles. The third kappa shape index (κ3) is 4.38. The van der Waals surface area contributed by atoms with Gasteiger partial charge in [-0.1, -0.05) is 48.0 Å². The van der Waals surface area contributed by atoms with Crippen molar-refractivity contribution in [3.05, 3.63) is 106 Å². The first kappa shape index (κ1) is 24.0. The number of para-hydroxylation sites is 2. The summed E-state index contributed by atoms with van der Waals surface area (Å²) in [6.45, 7) is 3.60. The quantitative estimate of drug-likeness (QED) is 0.444. The molecule has 9 heteroatoms. The van der Waals surface area contributed by atoms with Crippen LogP contribution in [-0.2, 0) is 17.1 Å². The molecule has 0 aliphatic rings. The van der Waals surface area contributed by atoms with E-state index in [0.717, 1.165) is 9.87 Å². The summed E-state index contributed by atoms with van der Waals surface area (Å²) in [6.07, 6.45) is 0. The zero-order valence-corrected chi connectivity index (χ0v) is 20.7. The lowest BCUT2D eigenvalue weighted by Crippen LogP contribution is -2.29. The highest BCUT2D eigenvalue weighted by molar-refractivity contribution is 7.92. The van der Waals surface area contributed by atoms with Crippen LogP contribution in [0.5, 0.6) is 0 Å². The first-order valence-electron chi connectivity index (χ1n) is 10.9. The lowest BCUT2D eigenvalue weighted by molar-refractivity contribution is 0.102. The van der Waals surface area contributed by atoms with Crippen molar-refractivity contribution in [1.82, 2.24) is 9.36 Å². The van der Waals surface area contributed by atoms with Crippen molar-refractivity contribution in [2.75, 3.05) is 16.7 Å². The van der Waals surface area contributed by atoms with Gasteiger partial charge in [-0.3, -0.25) is 18.6 Å². The summed E-state index contributed by atoms with van der Waals surface area (Å²) in [5.41, 5.74) is 2.22. The van der Waals surface area contributed by atoms with Crippen LogP contribution >= 0.6 is 0 Å². The first-order chi connectivity index (χ1) is 16.6. The van der Waals surface area contributed by atoms with Crippen LogP contribution in [0.15, 0.2) is 88.6 Å². The Morgan fingerprint density at radius 2 is 1.49 bits per heavy atom. The topological polar surface area (TPSA) is 93.4 Å². The van der Waals surface area contributed by atoms with Gasteiger partial charge in [-0.2, -0.15) is 0 Å². The van der Waals surface area contributed by atoms with Crippen LogP contribution in [0.1, 0.15) is 21.6 Å². The Bertz CT molecular complexity index is 1550. The molecule has 0 aliphatic carbocycles. The van der Waals surface area contributed by atoms with E-state index in [1.165, 1.54) is 29.9 Å². The van der Waals surface area contributed by atoms with Gasteiger partial charge in [-0.05, 0) is 50.2 Å². The van der Waals surface area contributed by atoms with E-state index >= 15 is 0 Å². The van der Waals surface area contributed by atoms with Crippen molar-refractivity contribution < 1.29 is 13.2 Å². The van der Waals surface area contributed by atoms with Gasteiger partial charge in [-0.25, -0.2) is 13.1 Å². The molecule has 1 heterocycles. The van der Waals surface area contributed by atoms with Crippen molar-refractivity contribution >= 4 is 27.3 Å². The fraction of sp³-hybridized carbons (Fsp3) is 0.154. The van der Waals surface area contributed by atoms with Gasteiger partial charge in [-0.15, -0.1) is 0 Å². The summed E-state index contributed by atoms with van der Waals surface area (Å²) >= 11 is 0. The Morgan fingerprint density at radius 1 is 0.886 bits per heavy atom. The van der Waals surface area contributed by atoms with E-state index in [9.17, 15) is 18.0 Å². The first-order valence-corrected chi connectivity index (χ1v) is 12.4. The normalized spacial score (nSPS) is 11.3. The summed E-state index contributed by atoms with van der Waals surface area (Å²) < 4.78 is 30.7. The van der Waals surface area contributed by atoms with Gasteiger partial charge in [0.2, 0.25) is 0 Å². The number of sulfonamides is 1. The lowest BCUT2D eigenvalue weighted by atomic mass is 10.1. The fourth-order valence-electron chi connectivity index (χ4n) is 3.83. The van der Waals surface area contributed by atoms with Crippen LogP contribution in [0.3, 0.4) is 0 Å². The van der Waals surface area contributed by atoms with E-state index < -0.39 is 15.9 Å². The predicted molar refractivity (Wildman–Crippen MR) is 137 cm³/mol. The molecule has 180 valence electrons. The SMILES string of the molecule is Cc1ccc(S(=O)(=O)N(C)c2ccccc2C(=O)Nc2c(C)n(C)n(-c3ccccc3)c2=O)cc1.